The van der Waals surface area contributed by atoms with Crippen molar-refractivity contribution in [3.05, 3.63) is 0 Å². The molecule has 0 spiro atoms. The second kappa shape index (κ2) is 5.99. The van der Waals surface area contributed by atoms with Crippen molar-refractivity contribution >= 4 is 11.8 Å². The summed E-state index contributed by atoms with van der Waals surface area (Å²) in [5, 5.41) is 0. The molecule has 0 radical (unpaired) electrons. The molecule has 3 heteroatoms. The Bertz CT molecular complexity index is 157. The molecular formula is C11H24N2S. The Hall–Kier alpha value is 0.270. The average molecular weight is 216 g/mol. The first-order chi connectivity index (χ1) is 6.70. The van der Waals surface area contributed by atoms with Gasteiger partial charge in [0.25, 0.3) is 0 Å². The predicted octanol–water partition coefficient (Wildman–Crippen LogP) is 1.80. The molecule has 0 aliphatic carbocycles. The zero-order valence-corrected chi connectivity index (χ0v) is 10.5. The van der Waals surface area contributed by atoms with E-state index in [1.165, 1.54) is 24.3 Å². The van der Waals surface area contributed by atoms with E-state index in [1.54, 1.807) is 0 Å². The van der Waals surface area contributed by atoms with E-state index < -0.39 is 0 Å². The van der Waals surface area contributed by atoms with Gasteiger partial charge in [0.1, 0.15) is 0 Å². The molecule has 1 aliphatic heterocycles. The Morgan fingerprint density at radius 3 is 2.71 bits per heavy atom. The Morgan fingerprint density at radius 1 is 1.57 bits per heavy atom. The van der Waals surface area contributed by atoms with Crippen LogP contribution in [0.1, 0.15) is 26.7 Å². The summed E-state index contributed by atoms with van der Waals surface area (Å²) < 4.78 is 0. The minimum absolute atomic E-state index is 0.597. The number of thioether (sulfide) groups is 1. The maximum atomic E-state index is 5.90. The first kappa shape index (κ1) is 12.3. The molecule has 1 fully saturated rings. The molecule has 0 saturated carbocycles. The summed E-state index contributed by atoms with van der Waals surface area (Å²) in [6.07, 6.45) is 2.57. The second-order valence-electron chi connectivity index (χ2n) is 4.35. The smallest absolute Gasteiger partial charge is 0.0254 e. The molecule has 3 atom stereocenters. The highest BCUT2D eigenvalue weighted by atomic mass is 32.2. The van der Waals surface area contributed by atoms with E-state index in [2.05, 4.69) is 37.6 Å². The summed E-state index contributed by atoms with van der Waals surface area (Å²) in [6, 6.07) is 1.26. The zero-order valence-electron chi connectivity index (χ0n) is 9.70. The van der Waals surface area contributed by atoms with Crippen molar-refractivity contribution < 1.29 is 0 Å². The van der Waals surface area contributed by atoms with Crippen LogP contribution in [-0.2, 0) is 0 Å². The minimum atomic E-state index is 0.597. The van der Waals surface area contributed by atoms with Crippen LogP contribution in [0.3, 0.4) is 0 Å². The molecule has 0 aromatic carbocycles. The van der Waals surface area contributed by atoms with Crippen LogP contribution in [0.2, 0.25) is 0 Å². The van der Waals surface area contributed by atoms with Gasteiger partial charge in [0.05, 0.1) is 0 Å². The van der Waals surface area contributed by atoms with Gasteiger partial charge in [-0.05, 0) is 44.2 Å². The Balaban J connectivity index is 2.50. The lowest BCUT2D eigenvalue weighted by molar-refractivity contribution is 0.142. The third-order valence-electron chi connectivity index (χ3n) is 3.56. The summed E-state index contributed by atoms with van der Waals surface area (Å²) in [7, 11) is 2.23. The number of hydrogen-bond donors (Lipinski definition) is 1. The standard InChI is InChI=1S/C11H24N2S/c1-4-9(2)13(3)11(7-12)10-5-6-14-8-10/h9-11H,4-8,12H2,1-3H3. The highest BCUT2D eigenvalue weighted by Crippen LogP contribution is 2.28. The molecule has 2 N–H and O–H groups in total. The third kappa shape index (κ3) is 2.88. The molecule has 3 unspecified atom stereocenters. The van der Waals surface area contributed by atoms with Crippen LogP contribution in [0.25, 0.3) is 0 Å². The average Bonchev–Trinajstić information content (AvgIpc) is 2.71. The Kier molecular flexibility index (Phi) is 5.28. The van der Waals surface area contributed by atoms with E-state index in [1.807, 2.05) is 0 Å². The molecule has 2 nitrogen and oxygen atoms in total. The van der Waals surface area contributed by atoms with E-state index in [0.717, 1.165) is 12.5 Å². The van der Waals surface area contributed by atoms with Gasteiger partial charge in [0.2, 0.25) is 0 Å². The summed E-state index contributed by atoms with van der Waals surface area (Å²) in [6.45, 7) is 5.36. The highest BCUT2D eigenvalue weighted by Gasteiger charge is 2.28. The molecule has 1 heterocycles. The number of hydrogen-bond acceptors (Lipinski definition) is 3. The van der Waals surface area contributed by atoms with Crippen LogP contribution in [-0.4, -0.2) is 42.1 Å². The maximum absolute atomic E-state index is 5.90. The number of nitrogens with two attached hydrogens (primary N) is 1. The lowest BCUT2D eigenvalue weighted by Crippen LogP contribution is -2.47. The second-order valence-corrected chi connectivity index (χ2v) is 5.50. The fraction of sp³-hybridized carbons (Fsp3) is 1.00. The largest absolute Gasteiger partial charge is 0.329 e. The van der Waals surface area contributed by atoms with Crippen molar-refractivity contribution in [1.29, 1.82) is 0 Å². The van der Waals surface area contributed by atoms with Crippen molar-refractivity contribution in [3.63, 3.8) is 0 Å². The van der Waals surface area contributed by atoms with Gasteiger partial charge in [0.15, 0.2) is 0 Å². The van der Waals surface area contributed by atoms with Gasteiger partial charge in [-0.25, -0.2) is 0 Å². The molecule has 0 aromatic heterocycles. The molecule has 0 amide bonds. The Morgan fingerprint density at radius 2 is 2.29 bits per heavy atom. The van der Waals surface area contributed by atoms with Crippen LogP contribution in [0.15, 0.2) is 0 Å². The summed E-state index contributed by atoms with van der Waals surface area (Å²) >= 11 is 2.08. The van der Waals surface area contributed by atoms with Crippen LogP contribution in [0.4, 0.5) is 0 Å². The first-order valence-corrected chi connectivity index (χ1v) is 6.85. The van der Waals surface area contributed by atoms with E-state index in [9.17, 15) is 0 Å². The van der Waals surface area contributed by atoms with E-state index >= 15 is 0 Å². The maximum Gasteiger partial charge on any atom is 0.0254 e. The van der Waals surface area contributed by atoms with E-state index in [0.29, 0.717) is 12.1 Å². The third-order valence-corrected chi connectivity index (χ3v) is 4.75. The molecule has 1 aliphatic rings. The van der Waals surface area contributed by atoms with Gasteiger partial charge in [0, 0.05) is 18.6 Å². The van der Waals surface area contributed by atoms with Gasteiger partial charge in [-0.2, -0.15) is 11.8 Å². The quantitative estimate of drug-likeness (QED) is 0.760. The molecule has 1 rings (SSSR count). The van der Waals surface area contributed by atoms with Crippen LogP contribution >= 0.6 is 11.8 Å². The molecule has 0 aromatic rings. The lowest BCUT2D eigenvalue weighted by Gasteiger charge is -2.35. The first-order valence-electron chi connectivity index (χ1n) is 5.70. The predicted molar refractivity (Wildman–Crippen MR) is 65.8 cm³/mol. The Labute approximate surface area is 92.6 Å². The lowest BCUT2D eigenvalue weighted by atomic mass is 9.96. The van der Waals surface area contributed by atoms with Gasteiger partial charge in [-0.15, -0.1) is 0 Å². The topological polar surface area (TPSA) is 29.3 Å². The van der Waals surface area contributed by atoms with Crippen LogP contribution in [0, 0.1) is 5.92 Å². The fourth-order valence-corrected chi connectivity index (χ4v) is 3.49. The van der Waals surface area contributed by atoms with Crippen molar-refractivity contribution in [2.75, 3.05) is 25.1 Å². The van der Waals surface area contributed by atoms with Crippen molar-refractivity contribution in [2.24, 2.45) is 11.7 Å². The number of likely N-dealkylation sites (N-methyl/N-ethyl adjacent to an activating group) is 1. The molecule has 14 heavy (non-hydrogen) atoms. The molecule has 1 saturated heterocycles. The zero-order chi connectivity index (χ0) is 10.6. The monoisotopic (exact) mass is 216 g/mol. The molecule has 0 bridgehead atoms. The van der Waals surface area contributed by atoms with E-state index in [-0.39, 0.29) is 0 Å². The van der Waals surface area contributed by atoms with Crippen LogP contribution < -0.4 is 5.73 Å². The summed E-state index contributed by atoms with van der Waals surface area (Å²) in [4.78, 5) is 2.48. The summed E-state index contributed by atoms with van der Waals surface area (Å²) in [5.74, 6) is 3.46. The number of nitrogens with zero attached hydrogens (tertiary/aromatic N) is 1. The van der Waals surface area contributed by atoms with Crippen molar-refractivity contribution in [3.8, 4) is 0 Å². The van der Waals surface area contributed by atoms with Gasteiger partial charge >= 0.3 is 0 Å². The van der Waals surface area contributed by atoms with Gasteiger partial charge < -0.3 is 5.73 Å². The van der Waals surface area contributed by atoms with Gasteiger partial charge in [-0.1, -0.05) is 6.92 Å². The minimum Gasteiger partial charge on any atom is -0.329 e. The molecular weight excluding hydrogens is 192 g/mol. The van der Waals surface area contributed by atoms with Gasteiger partial charge in [-0.3, -0.25) is 4.90 Å². The van der Waals surface area contributed by atoms with Crippen molar-refractivity contribution in [2.45, 2.75) is 38.8 Å². The SMILES string of the molecule is CCC(C)N(C)C(CN)C1CCSC1. The van der Waals surface area contributed by atoms with Crippen LogP contribution in [0.5, 0.6) is 0 Å². The number of rotatable bonds is 5. The normalized spacial score (nSPS) is 26.8. The molecule has 84 valence electrons. The fourth-order valence-electron chi connectivity index (χ4n) is 2.16. The van der Waals surface area contributed by atoms with E-state index in [4.69, 9.17) is 5.73 Å². The highest BCUT2D eigenvalue weighted by molar-refractivity contribution is 7.99. The summed E-state index contributed by atoms with van der Waals surface area (Å²) in [5.41, 5.74) is 5.90. The van der Waals surface area contributed by atoms with Crippen molar-refractivity contribution in [1.82, 2.24) is 4.90 Å².